The first kappa shape index (κ1) is 15.5. The van der Waals surface area contributed by atoms with Gasteiger partial charge in [-0.3, -0.25) is 0 Å². The molecule has 2 atom stereocenters. The predicted molar refractivity (Wildman–Crippen MR) is 105 cm³/mol. The molecule has 2 aliphatic rings. The van der Waals surface area contributed by atoms with E-state index in [0.717, 1.165) is 6.54 Å². The van der Waals surface area contributed by atoms with Crippen LogP contribution in [0.3, 0.4) is 0 Å². The second kappa shape index (κ2) is 6.86. The number of benzene rings is 2. The van der Waals surface area contributed by atoms with E-state index < -0.39 is 0 Å². The van der Waals surface area contributed by atoms with Crippen LogP contribution in [0.1, 0.15) is 22.8 Å². The lowest BCUT2D eigenvalue weighted by Gasteiger charge is -2.23. The van der Waals surface area contributed by atoms with Crippen LogP contribution in [0, 0.1) is 5.92 Å². The van der Waals surface area contributed by atoms with Crippen LogP contribution < -0.4 is 5.32 Å². The van der Waals surface area contributed by atoms with Crippen LogP contribution in [-0.4, -0.2) is 6.54 Å². The standard InChI is InChI=1S/C23H21NO/c1-2-24-13-4-6-17-5-3-7-19(15-17)20-10-11-22-21(16-20)9-8-18-12-14-25-23(18)22/h2-12,14-16,18,23-24H,1,13H2/b6-4+. The van der Waals surface area contributed by atoms with Gasteiger partial charge in [-0.15, -0.1) is 0 Å². The molecule has 4 rings (SSSR count). The maximum Gasteiger partial charge on any atom is 0.133 e. The largest absolute Gasteiger partial charge is 0.493 e. The molecule has 0 fully saturated rings. The third-order valence-electron chi connectivity index (χ3n) is 4.68. The summed E-state index contributed by atoms with van der Waals surface area (Å²) in [5.74, 6) is 0.371. The monoisotopic (exact) mass is 327 g/mol. The van der Waals surface area contributed by atoms with E-state index in [2.05, 4.69) is 84.7 Å². The number of hydrogen-bond acceptors (Lipinski definition) is 2. The van der Waals surface area contributed by atoms with Gasteiger partial charge < -0.3 is 10.1 Å². The van der Waals surface area contributed by atoms with E-state index in [1.54, 1.807) is 6.20 Å². The summed E-state index contributed by atoms with van der Waals surface area (Å²) >= 11 is 0. The molecule has 0 radical (unpaired) electrons. The highest BCUT2D eigenvalue weighted by Crippen LogP contribution is 2.40. The number of hydrogen-bond donors (Lipinski definition) is 1. The topological polar surface area (TPSA) is 21.3 Å². The van der Waals surface area contributed by atoms with Gasteiger partial charge in [0.1, 0.15) is 6.10 Å². The number of rotatable bonds is 5. The molecule has 0 bridgehead atoms. The van der Waals surface area contributed by atoms with Crippen molar-refractivity contribution in [2.24, 2.45) is 5.92 Å². The molecule has 2 aromatic carbocycles. The Balaban J connectivity index is 1.60. The van der Waals surface area contributed by atoms with E-state index in [9.17, 15) is 0 Å². The van der Waals surface area contributed by atoms with Gasteiger partial charge in [-0.2, -0.15) is 0 Å². The fraction of sp³-hybridized carbons (Fsp3) is 0.130. The fourth-order valence-electron chi connectivity index (χ4n) is 3.40. The highest BCUT2D eigenvalue weighted by molar-refractivity contribution is 5.72. The van der Waals surface area contributed by atoms with Crippen molar-refractivity contribution in [3.8, 4) is 11.1 Å². The molecule has 0 saturated heterocycles. The number of nitrogens with one attached hydrogen (secondary N) is 1. The molecule has 0 spiro atoms. The molecule has 124 valence electrons. The fourth-order valence-corrected chi connectivity index (χ4v) is 3.40. The van der Waals surface area contributed by atoms with E-state index in [1.165, 1.54) is 27.8 Å². The Morgan fingerprint density at radius 3 is 2.92 bits per heavy atom. The smallest absolute Gasteiger partial charge is 0.133 e. The minimum absolute atomic E-state index is 0.140. The molecule has 0 aromatic heterocycles. The van der Waals surface area contributed by atoms with Crippen molar-refractivity contribution >= 4 is 12.2 Å². The van der Waals surface area contributed by atoms with E-state index >= 15 is 0 Å². The van der Waals surface area contributed by atoms with Gasteiger partial charge in [0.25, 0.3) is 0 Å². The van der Waals surface area contributed by atoms with E-state index in [-0.39, 0.29) is 6.10 Å². The molecular formula is C23H21NO. The molecule has 1 aliphatic carbocycles. The summed E-state index contributed by atoms with van der Waals surface area (Å²) in [6.07, 6.45) is 14.4. The lowest BCUT2D eigenvalue weighted by molar-refractivity contribution is 0.150. The Morgan fingerprint density at radius 1 is 1.08 bits per heavy atom. The normalized spacial score (nSPS) is 20.2. The second-order valence-corrected chi connectivity index (χ2v) is 6.31. The van der Waals surface area contributed by atoms with Gasteiger partial charge in [0, 0.05) is 18.0 Å². The Kier molecular flexibility index (Phi) is 4.26. The molecule has 2 heteroatoms. The third kappa shape index (κ3) is 3.16. The van der Waals surface area contributed by atoms with Gasteiger partial charge >= 0.3 is 0 Å². The molecule has 1 N–H and O–H groups in total. The Bertz CT molecular complexity index is 875. The minimum atomic E-state index is 0.140. The lowest BCUT2D eigenvalue weighted by atomic mass is 9.86. The average Bonchev–Trinajstić information content (AvgIpc) is 3.14. The molecule has 0 amide bonds. The van der Waals surface area contributed by atoms with Crippen LogP contribution in [0.2, 0.25) is 0 Å². The molecule has 0 saturated carbocycles. The van der Waals surface area contributed by atoms with Gasteiger partial charge in [-0.25, -0.2) is 0 Å². The Hall–Kier alpha value is -3.00. The summed E-state index contributed by atoms with van der Waals surface area (Å²) in [5, 5.41) is 3.07. The Labute approximate surface area is 148 Å². The van der Waals surface area contributed by atoms with Crippen molar-refractivity contribution in [2.75, 3.05) is 6.54 Å². The van der Waals surface area contributed by atoms with Gasteiger partial charge in [0.2, 0.25) is 0 Å². The van der Waals surface area contributed by atoms with Crippen molar-refractivity contribution in [1.29, 1.82) is 0 Å². The highest BCUT2D eigenvalue weighted by atomic mass is 16.5. The van der Waals surface area contributed by atoms with E-state index in [4.69, 9.17) is 4.74 Å². The second-order valence-electron chi connectivity index (χ2n) is 6.31. The molecule has 25 heavy (non-hydrogen) atoms. The first-order valence-corrected chi connectivity index (χ1v) is 8.61. The van der Waals surface area contributed by atoms with Crippen molar-refractivity contribution in [1.82, 2.24) is 5.32 Å². The first-order valence-electron chi connectivity index (χ1n) is 8.61. The van der Waals surface area contributed by atoms with Gasteiger partial charge in [-0.1, -0.05) is 61.2 Å². The summed E-state index contributed by atoms with van der Waals surface area (Å²) in [7, 11) is 0. The summed E-state index contributed by atoms with van der Waals surface area (Å²) in [5.41, 5.74) is 6.17. The minimum Gasteiger partial charge on any atom is -0.493 e. The maximum atomic E-state index is 5.76. The van der Waals surface area contributed by atoms with Crippen LogP contribution in [0.5, 0.6) is 0 Å². The predicted octanol–water partition coefficient (Wildman–Crippen LogP) is 5.33. The quantitative estimate of drug-likeness (QED) is 0.750. The maximum absolute atomic E-state index is 5.76. The van der Waals surface area contributed by atoms with Crippen molar-refractivity contribution in [2.45, 2.75) is 6.10 Å². The first-order chi connectivity index (χ1) is 12.3. The lowest BCUT2D eigenvalue weighted by Crippen LogP contribution is -2.10. The molecule has 1 heterocycles. The molecule has 2 unspecified atom stereocenters. The molecule has 1 aliphatic heterocycles. The van der Waals surface area contributed by atoms with Crippen molar-refractivity contribution in [3.05, 3.63) is 96.4 Å². The zero-order valence-electron chi connectivity index (χ0n) is 14.1. The summed E-state index contributed by atoms with van der Waals surface area (Å²) < 4.78 is 5.76. The van der Waals surface area contributed by atoms with E-state index in [1.807, 2.05) is 6.26 Å². The van der Waals surface area contributed by atoms with Crippen LogP contribution in [-0.2, 0) is 4.74 Å². The summed E-state index contributed by atoms with van der Waals surface area (Å²) in [4.78, 5) is 0. The van der Waals surface area contributed by atoms with Crippen molar-refractivity contribution in [3.63, 3.8) is 0 Å². The number of ether oxygens (including phenoxy) is 1. The molecule has 2 nitrogen and oxygen atoms in total. The van der Waals surface area contributed by atoms with E-state index in [0.29, 0.717) is 5.92 Å². The van der Waals surface area contributed by atoms with Crippen molar-refractivity contribution < 1.29 is 4.74 Å². The SMILES string of the molecule is C=CNC/C=C/c1cccc(-c2ccc3c(c2)C=CC2C=COC32)c1. The molecular weight excluding hydrogens is 306 g/mol. The number of fused-ring (bicyclic) bond motifs is 3. The van der Waals surface area contributed by atoms with Gasteiger partial charge in [-0.05, 0) is 46.7 Å². The van der Waals surface area contributed by atoms with Gasteiger partial charge in [0.15, 0.2) is 0 Å². The average molecular weight is 327 g/mol. The zero-order valence-corrected chi connectivity index (χ0v) is 14.1. The highest BCUT2D eigenvalue weighted by Gasteiger charge is 2.28. The van der Waals surface area contributed by atoms with Crippen LogP contribution in [0.4, 0.5) is 0 Å². The van der Waals surface area contributed by atoms with Crippen LogP contribution in [0.15, 0.2) is 79.7 Å². The Morgan fingerprint density at radius 2 is 2.00 bits per heavy atom. The summed E-state index contributed by atoms with van der Waals surface area (Å²) in [6, 6.07) is 15.2. The van der Waals surface area contributed by atoms with Gasteiger partial charge in [0.05, 0.1) is 6.26 Å². The third-order valence-corrected chi connectivity index (χ3v) is 4.68. The molecule has 2 aromatic rings. The summed E-state index contributed by atoms with van der Waals surface area (Å²) in [6.45, 7) is 4.44. The zero-order chi connectivity index (χ0) is 17.1. The van der Waals surface area contributed by atoms with Crippen LogP contribution >= 0.6 is 0 Å². The van der Waals surface area contributed by atoms with Crippen LogP contribution in [0.25, 0.3) is 23.3 Å².